The summed E-state index contributed by atoms with van der Waals surface area (Å²) in [6.07, 6.45) is 7.40. The van der Waals surface area contributed by atoms with Gasteiger partial charge < -0.3 is 10.1 Å². The number of unbranched alkanes of at least 4 members (excludes halogenated alkanes) is 1. The van der Waals surface area contributed by atoms with Gasteiger partial charge in [-0.1, -0.05) is 65.2 Å². The van der Waals surface area contributed by atoms with Crippen molar-refractivity contribution in [1.29, 1.82) is 0 Å². The van der Waals surface area contributed by atoms with E-state index in [4.69, 9.17) is 0 Å². The van der Waals surface area contributed by atoms with Gasteiger partial charge in [0.1, 0.15) is 5.75 Å². The van der Waals surface area contributed by atoms with Gasteiger partial charge in [0.15, 0.2) is 0 Å². The third kappa shape index (κ3) is 7.31. The number of hydrogen-bond donors (Lipinski definition) is 1. The van der Waals surface area contributed by atoms with E-state index in [-0.39, 0.29) is 11.2 Å². The maximum Gasteiger partial charge on any atom is 0.573 e. The van der Waals surface area contributed by atoms with Gasteiger partial charge in [-0.3, -0.25) is 0 Å². The molecule has 1 aromatic carbocycles. The summed E-state index contributed by atoms with van der Waals surface area (Å²) in [5.74, 6) is 0.501. The highest BCUT2D eigenvalue weighted by atomic mass is 19.4. The molecule has 0 radical (unpaired) electrons. The molecule has 1 heterocycles. The first-order valence-electron chi connectivity index (χ1n) is 12.2. The van der Waals surface area contributed by atoms with E-state index in [0.29, 0.717) is 5.92 Å². The highest BCUT2D eigenvalue weighted by Gasteiger charge is 2.36. The molecule has 1 aliphatic heterocycles. The largest absolute Gasteiger partial charge is 0.573 e. The minimum atomic E-state index is -4.70. The molecule has 1 N–H and O–H groups in total. The summed E-state index contributed by atoms with van der Waals surface area (Å²) in [5, 5.41) is 3.73. The van der Waals surface area contributed by atoms with E-state index in [2.05, 4.69) is 50.7 Å². The molecule has 0 aliphatic carbocycles. The molecule has 32 heavy (non-hydrogen) atoms. The second kappa shape index (κ2) is 11.8. The predicted octanol–water partition coefficient (Wildman–Crippen LogP) is 9.00. The molecule has 0 fully saturated rings. The summed E-state index contributed by atoms with van der Waals surface area (Å²) in [4.78, 5) is 0. The summed E-state index contributed by atoms with van der Waals surface area (Å²) in [6, 6.07) is 6.33. The van der Waals surface area contributed by atoms with Gasteiger partial charge in [0, 0.05) is 22.4 Å². The first-order chi connectivity index (χ1) is 15.1. The van der Waals surface area contributed by atoms with E-state index in [9.17, 15) is 13.2 Å². The van der Waals surface area contributed by atoms with Crippen molar-refractivity contribution in [3.63, 3.8) is 0 Å². The number of allylic oxidation sites excluding steroid dienone is 3. The minimum absolute atomic E-state index is 0.0798. The summed E-state index contributed by atoms with van der Waals surface area (Å²) < 4.78 is 42.5. The zero-order valence-electron chi connectivity index (χ0n) is 20.4. The van der Waals surface area contributed by atoms with Crippen LogP contribution in [0.4, 0.5) is 13.2 Å². The Kier molecular flexibility index (Phi) is 9.72. The van der Waals surface area contributed by atoms with Crippen molar-refractivity contribution in [2.24, 2.45) is 11.3 Å². The molecule has 0 bridgehead atoms. The highest BCUT2D eigenvalue weighted by Crippen LogP contribution is 2.46. The smallest absolute Gasteiger partial charge is 0.406 e. The molecule has 2 atom stereocenters. The SMILES string of the molecule is CCC/C=C1\NC(c2cccc(OC(F)(F)F)c2)=C(C)CCC1(CCC)CCC(C)CC. The van der Waals surface area contributed by atoms with Crippen molar-refractivity contribution >= 4 is 5.70 Å². The second-order valence-electron chi connectivity index (χ2n) is 9.34. The van der Waals surface area contributed by atoms with E-state index in [0.717, 1.165) is 56.2 Å². The van der Waals surface area contributed by atoms with Crippen LogP contribution in [0.1, 0.15) is 98.0 Å². The van der Waals surface area contributed by atoms with Gasteiger partial charge in [-0.15, -0.1) is 13.2 Å². The van der Waals surface area contributed by atoms with Crippen LogP contribution in [0.2, 0.25) is 0 Å². The van der Waals surface area contributed by atoms with Crippen LogP contribution in [0.5, 0.6) is 5.75 Å². The van der Waals surface area contributed by atoms with Crippen LogP contribution < -0.4 is 10.1 Å². The fraction of sp³-hybridized carbons (Fsp3) is 0.630. The highest BCUT2D eigenvalue weighted by molar-refractivity contribution is 5.70. The van der Waals surface area contributed by atoms with Crippen molar-refractivity contribution in [2.45, 2.75) is 98.8 Å². The molecule has 1 aliphatic rings. The van der Waals surface area contributed by atoms with Crippen LogP contribution in [0, 0.1) is 11.3 Å². The van der Waals surface area contributed by atoms with Gasteiger partial charge in [0.2, 0.25) is 0 Å². The maximum absolute atomic E-state index is 12.8. The van der Waals surface area contributed by atoms with Crippen LogP contribution in [0.15, 0.2) is 41.6 Å². The fourth-order valence-corrected chi connectivity index (χ4v) is 4.63. The molecule has 0 amide bonds. The molecule has 2 unspecified atom stereocenters. The van der Waals surface area contributed by atoms with Gasteiger partial charge in [-0.25, -0.2) is 0 Å². The van der Waals surface area contributed by atoms with Crippen LogP contribution >= 0.6 is 0 Å². The van der Waals surface area contributed by atoms with E-state index in [1.54, 1.807) is 6.07 Å². The summed E-state index contributed by atoms with van der Waals surface area (Å²) in [7, 11) is 0. The average molecular weight is 452 g/mol. The summed E-state index contributed by atoms with van der Waals surface area (Å²) in [6.45, 7) is 11.1. The lowest BCUT2D eigenvalue weighted by Gasteiger charge is -2.37. The lowest BCUT2D eigenvalue weighted by atomic mass is 9.71. The molecule has 0 saturated heterocycles. The van der Waals surface area contributed by atoms with Gasteiger partial charge in [0.05, 0.1) is 0 Å². The van der Waals surface area contributed by atoms with Crippen LogP contribution in [0.3, 0.4) is 0 Å². The van der Waals surface area contributed by atoms with Crippen molar-refractivity contribution in [1.82, 2.24) is 5.32 Å². The monoisotopic (exact) mass is 451 g/mol. The van der Waals surface area contributed by atoms with Crippen LogP contribution in [0.25, 0.3) is 5.70 Å². The first kappa shape index (κ1) is 26.3. The summed E-state index contributed by atoms with van der Waals surface area (Å²) in [5.41, 5.74) is 4.16. The molecule has 0 aromatic heterocycles. The molecule has 1 aromatic rings. The number of benzene rings is 1. The topological polar surface area (TPSA) is 21.3 Å². The van der Waals surface area contributed by atoms with E-state index < -0.39 is 6.36 Å². The number of nitrogens with one attached hydrogen (secondary N) is 1. The molecule has 0 spiro atoms. The second-order valence-corrected chi connectivity index (χ2v) is 9.34. The Morgan fingerprint density at radius 2 is 1.91 bits per heavy atom. The number of hydrogen-bond acceptors (Lipinski definition) is 2. The third-order valence-electron chi connectivity index (χ3n) is 6.77. The predicted molar refractivity (Wildman–Crippen MR) is 127 cm³/mol. The Balaban J connectivity index is 2.43. The minimum Gasteiger partial charge on any atom is -0.406 e. The Labute approximate surface area is 192 Å². The normalized spacial score (nSPS) is 21.9. The number of alkyl halides is 3. The number of rotatable bonds is 10. The molecular formula is C27H40F3NO. The van der Waals surface area contributed by atoms with Gasteiger partial charge >= 0.3 is 6.36 Å². The van der Waals surface area contributed by atoms with Crippen molar-refractivity contribution in [3.05, 3.63) is 47.2 Å². The van der Waals surface area contributed by atoms with Crippen molar-refractivity contribution in [2.75, 3.05) is 0 Å². The Morgan fingerprint density at radius 3 is 2.53 bits per heavy atom. The molecule has 5 heteroatoms. The number of ether oxygens (including phenoxy) is 1. The standard InChI is InChI=1S/C27H40F3NO/c1-6-9-13-24-26(16-7-2,17-14-20(4)8-3)18-15-21(5)25(31-24)22-11-10-12-23(19-22)32-27(28,29)30/h10-13,19-20,31H,6-9,14-18H2,1-5H3/b24-13-. The van der Waals surface area contributed by atoms with Gasteiger partial charge in [0.25, 0.3) is 0 Å². The van der Waals surface area contributed by atoms with E-state index in [1.807, 2.05) is 6.07 Å². The first-order valence-corrected chi connectivity index (χ1v) is 12.2. The van der Waals surface area contributed by atoms with Crippen molar-refractivity contribution in [3.8, 4) is 5.75 Å². The molecule has 0 saturated carbocycles. The van der Waals surface area contributed by atoms with E-state index >= 15 is 0 Å². The maximum atomic E-state index is 12.8. The molecular weight excluding hydrogens is 411 g/mol. The van der Waals surface area contributed by atoms with Gasteiger partial charge in [-0.2, -0.15) is 0 Å². The zero-order chi connectivity index (χ0) is 23.8. The lowest BCUT2D eigenvalue weighted by molar-refractivity contribution is -0.274. The van der Waals surface area contributed by atoms with Crippen LogP contribution in [-0.2, 0) is 0 Å². The van der Waals surface area contributed by atoms with E-state index in [1.165, 1.54) is 36.2 Å². The molecule has 2 rings (SSSR count). The zero-order valence-corrected chi connectivity index (χ0v) is 20.4. The molecule has 180 valence electrons. The fourth-order valence-electron chi connectivity index (χ4n) is 4.63. The van der Waals surface area contributed by atoms with Crippen LogP contribution in [-0.4, -0.2) is 6.36 Å². The lowest BCUT2D eigenvalue weighted by Crippen LogP contribution is -2.31. The Morgan fingerprint density at radius 1 is 1.16 bits per heavy atom. The molecule has 2 nitrogen and oxygen atoms in total. The summed E-state index contributed by atoms with van der Waals surface area (Å²) >= 11 is 0. The van der Waals surface area contributed by atoms with Crippen molar-refractivity contribution < 1.29 is 17.9 Å². The Hall–Kier alpha value is -1.91. The Bertz CT molecular complexity index is 796. The average Bonchev–Trinajstić information content (AvgIpc) is 2.87. The number of halogens is 3. The third-order valence-corrected chi connectivity index (χ3v) is 6.77. The van der Waals surface area contributed by atoms with Gasteiger partial charge in [-0.05, 0) is 69.1 Å². The quantitative estimate of drug-likeness (QED) is 0.383.